The molecule has 1 aliphatic heterocycles. The maximum atomic E-state index is 13.1. The average Bonchev–Trinajstić information content (AvgIpc) is 2.94. The number of hydrogen-bond acceptors (Lipinski definition) is 4. The highest BCUT2D eigenvalue weighted by molar-refractivity contribution is 8.05. The smallest absolute Gasteiger partial charge is 0.262 e. The summed E-state index contributed by atoms with van der Waals surface area (Å²) in [7, 11) is 0. The molecule has 2 amide bonds. The van der Waals surface area contributed by atoms with Crippen LogP contribution in [-0.4, -0.2) is 17.1 Å². The summed E-state index contributed by atoms with van der Waals surface area (Å²) in [6.07, 6.45) is 0.341. The van der Waals surface area contributed by atoms with Crippen LogP contribution < -0.4 is 10.6 Å². The first-order valence-electron chi connectivity index (χ1n) is 7.75. The molecule has 26 heavy (non-hydrogen) atoms. The molecular formula is C19H14FN3O2S. The number of para-hydroxylation sites is 1. The minimum absolute atomic E-state index is 0.225. The molecule has 2 aromatic rings. The van der Waals surface area contributed by atoms with Crippen LogP contribution in [0.15, 0.2) is 65.2 Å². The Labute approximate surface area is 153 Å². The predicted octanol–water partition coefficient (Wildman–Crippen LogP) is 2.74. The summed E-state index contributed by atoms with van der Waals surface area (Å²) in [6.45, 7) is 0. The fraction of sp³-hybridized carbons (Fsp3) is 0.105. The molecule has 3 rings (SSSR count). The number of carbonyl (C=O) groups is 2. The van der Waals surface area contributed by atoms with Crippen LogP contribution >= 0.6 is 11.8 Å². The standard InChI is InChI=1S/C19H14FN3O2S/c20-13-8-6-12(7-9-13)10-16-18(25)23(14-4-2-1-3-5-14)19(26-16)15(11-21)17(22)24/h1-9,16H,10H2,(H2,22,24)/b19-15-/t16-/m1/s1. The first-order valence-corrected chi connectivity index (χ1v) is 8.63. The van der Waals surface area contributed by atoms with Gasteiger partial charge in [0.2, 0.25) is 5.91 Å². The fourth-order valence-electron chi connectivity index (χ4n) is 2.65. The van der Waals surface area contributed by atoms with Crippen molar-refractivity contribution in [1.29, 1.82) is 5.26 Å². The molecule has 1 heterocycles. The van der Waals surface area contributed by atoms with Gasteiger partial charge in [0.1, 0.15) is 22.5 Å². The van der Waals surface area contributed by atoms with Gasteiger partial charge in [-0.2, -0.15) is 5.26 Å². The number of halogens is 1. The SMILES string of the molecule is N#C/C(C(N)=O)=C1/S[C@H](Cc2ccc(F)cc2)C(=O)N1c1ccccc1. The Hall–Kier alpha value is -3.11. The first kappa shape index (κ1) is 17.7. The summed E-state index contributed by atoms with van der Waals surface area (Å²) in [6, 6.07) is 16.4. The second-order valence-electron chi connectivity index (χ2n) is 5.60. The summed E-state index contributed by atoms with van der Waals surface area (Å²) in [5.74, 6) is -1.49. The number of primary amides is 1. The van der Waals surface area contributed by atoms with Crippen LogP contribution in [0.25, 0.3) is 0 Å². The number of carbonyl (C=O) groups excluding carboxylic acids is 2. The van der Waals surface area contributed by atoms with Gasteiger partial charge in [-0.1, -0.05) is 42.1 Å². The molecular weight excluding hydrogens is 353 g/mol. The minimum atomic E-state index is -0.883. The molecule has 2 aromatic carbocycles. The van der Waals surface area contributed by atoms with Crippen molar-refractivity contribution in [2.75, 3.05) is 4.90 Å². The second kappa shape index (κ2) is 7.42. The lowest BCUT2D eigenvalue weighted by Gasteiger charge is -2.18. The molecule has 0 aromatic heterocycles. The van der Waals surface area contributed by atoms with E-state index >= 15 is 0 Å². The van der Waals surface area contributed by atoms with Crippen molar-refractivity contribution in [1.82, 2.24) is 0 Å². The number of rotatable bonds is 4. The minimum Gasteiger partial charge on any atom is -0.365 e. The molecule has 1 saturated heterocycles. The lowest BCUT2D eigenvalue weighted by atomic mass is 10.1. The van der Waals surface area contributed by atoms with Crippen molar-refractivity contribution < 1.29 is 14.0 Å². The quantitative estimate of drug-likeness (QED) is 0.665. The van der Waals surface area contributed by atoms with Gasteiger partial charge in [0.25, 0.3) is 5.91 Å². The van der Waals surface area contributed by atoms with E-state index in [4.69, 9.17) is 5.73 Å². The zero-order chi connectivity index (χ0) is 18.7. The fourth-order valence-corrected chi connectivity index (χ4v) is 3.96. The molecule has 0 radical (unpaired) electrons. The van der Waals surface area contributed by atoms with Crippen LogP contribution in [0.5, 0.6) is 0 Å². The number of nitrogens with two attached hydrogens (primary N) is 1. The molecule has 7 heteroatoms. The highest BCUT2D eigenvalue weighted by atomic mass is 32.2. The third kappa shape index (κ3) is 3.46. The molecule has 0 bridgehead atoms. The Bertz CT molecular complexity index is 920. The summed E-state index contributed by atoms with van der Waals surface area (Å²) < 4.78 is 13.1. The van der Waals surface area contributed by atoms with Gasteiger partial charge < -0.3 is 5.73 Å². The Balaban J connectivity index is 2.00. The number of nitriles is 1. The van der Waals surface area contributed by atoms with Crippen molar-refractivity contribution in [3.05, 3.63) is 76.6 Å². The topological polar surface area (TPSA) is 87.2 Å². The van der Waals surface area contributed by atoms with E-state index in [9.17, 15) is 19.2 Å². The molecule has 130 valence electrons. The largest absolute Gasteiger partial charge is 0.365 e. The maximum Gasteiger partial charge on any atom is 0.262 e. The molecule has 2 N–H and O–H groups in total. The normalized spacial score (nSPS) is 18.5. The van der Waals surface area contributed by atoms with Crippen LogP contribution in [0.2, 0.25) is 0 Å². The van der Waals surface area contributed by atoms with Crippen molar-refractivity contribution >= 4 is 29.3 Å². The summed E-state index contributed by atoms with van der Waals surface area (Å²) in [4.78, 5) is 26.0. The Morgan fingerprint density at radius 1 is 1.19 bits per heavy atom. The Morgan fingerprint density at radius 3 is 2.42 bits per heavy atom. The van der Waals surface area contributed by atoms with Gasteiger partial charge in [-0.15, -0.1) is 0 Å². The highest BCUT2D eigenvalue weighted by Gasteiger charge is 2.40. The predicted molar refractivity (Wildman–Crippen MR) is 97.2 cm³/mol. The third-order valence-corrected chi connectivity index (χ3v) is 5.14. The number of thioether (sulfide) groups is 1. The molecule has 0 unspecified atom stereocenters. The molecule has 1 atom stereocenters. The van der Waals surface area contributed by atoms with Crippen LogP contribution in [0, 0.1) is 17.1 Å². The Kier molecular flexibility index (Phi) is 5.05. The van der Waals surface area contributed by atoms with E-state index in [0.29, 0.717) is 12.1 Å². The van der Waals surface area contributed by atoms with E-state index in [1.165, 1.54) is 17.0 Å². The van der Waals surface area contributed by atoms with Crippen molar-refractivity contribution in [2.45, 2.75) is 11.7 Å². The van der Waals surface area contributed by atoms with Gasteiger partial charge in [-0.25, -0.2) is 4.39 Å². The number of amides is 2. The number of nitrogens with zero attached hydrogens (tertiary/aromatic N) is 2. The van der Waals surface area contributed by atoms with Crippen molar-refractivity contribution in [2.24, 2.45) is 5.73 Å². The van der Waals surface area contributed by atoms with E-state index in [0.717, 1.165) is 17.3 Å². The van der Waals surface area contributed by atoms with Gasteiger partial charge in [0.15, 0.2) is 0 Å². The van der Waals surface area contributed by atoms with E-state index in [1.54, 1.807) is 48.5 Å². The maximum absolute atomic E-state index is 13.1. The van der Waals surface area contributed by atoms with Gasteiger partial charge in [0, 0.05) is 5.69 Å². The lowest BCUT2D eigenvalue weighted by Crippen LogP contribution is -2.30. The summed E-state index contributed by atoms with van der Waals surface area (Å²) in [5, 5.41) is 8.99. The van der Waals surface area contributed by atoms with Crippen LogP contribution in [-0.2, 0) is 16.0 Å². The van der Waals surface area contributed by atoms with Gasteiger partial charge >= 0.3 is 0 Å². The van der Waals surface area contributed by atoms with Crippen LogP contribution in [0.4, 0.5) is 10.1 Å². The van der Waals surface area contributed by atoms with E-state index in [1.807, 2.05) is 0 Å². The van der Waals surface area contributed by atoms with Crippen molar-refractivity contribution in [3.8, 4) is 6.07 Å². The van der Waals surface area contributed by atoms with E-state index in [2.05, 4.69) is 0 Å². The first-order chi connectivity index (χ1) is 12.5. The molecule has 0 saturated carbocycles. The zero-order valence-corrected chi connectivity index (χ0v) is 14.4. The number of hydrogen-bond donors (Lipinski definition) is 1. The van der Waals surface area contributed by atoms with Crippen LogP contribution in [0.1, 0.15) is 5.56 Å². The van der Waals surface area contributed by atoms with Gasteiger partial charge in [-0.05, 0) is 36.2 Å². The number of anilines is 1. The van der Waals surface area contributed by atoms with E-state index < -0.39 is 11.2 Å². The lowest BCUT2D eigenvalue weighted by molar-refractivity contribution is -0.117. The molecule has 0 spiro atoms. The average molecular weight is 367 g/mol. The van der Waals surface area contributed by atoms with Crippen LogP contribution in [0.3, 0.4) is 0 Å². The Morgan fingerprint density at radius 2 is 1.85 bits per heavy atom. The summed E-state index contributed by atoms with van der Waals surface area (Å²) >= 11 is 1.12. The summed E-state index contributed by atoms with van der Waals surface area (Å²) in [5.41, 5.74) is 6.39. The molecule has 5 nitrogen and oxygen atoms in total. The second-order valence-corrected chi connectivity index (χ2v) is 6.79. The molecule has 0 aliphatic carbocycles. The molecule has 1 fully saturated rings. The van der Waals surface area contributed by atoms with Gasteiger partial charge in [-0.3, -0.25) is 14.5 Å². The highest BCUT2D eigenvalue weighted by Crippen LogP contribution is 2.41. The molecule has 1 aliphatic rings. The zero-order valence-electron chi connectivity index (χ0n) is 13.6. The van der Waals surface area contributed by atoms with E-state index in [-0.39, 0.29) is 22.3 Å². The number of benzene rings is 2. The van der Waals surface area contributed by atoms with Crippen molar-refractivity contribution in [3.63, 3.8) is 0 Å². The third-order valence-electron chi connectivity index (χ3n) is 3.87. The monoisotopic (exact) mass is 367 g/mol. The van der Waals surface area contributed by atoms with Gasteiger partial charge in [0.05, 0.1) is 5.25 Å².